The molecule has 0 atom stereocenters. The topological polar surface area (TPSA) is 87.7 Å². The minimum atomic E-state index is -3.63. The van der Waals surface area contributed by atoms with Gasteiger partial charge in [0.15, 0.2) is 5.03 Å². The Hall–Kier alpha value is -1.89. The van der Waals surface area contributed by atoms with E-state index in [0.29, 0.717) is 12.2 Å². The second-order valence-electron chi connectivity index (χ2n) is 3.37. The molecule has 0 radical (unpaired) electrons. The first-order chi connectivity index (χ1) is 8.12. The van der Waals surface area contributed by atoms with E-state index in [9.17, 15) is 8.42 Å². The summed E-state index contributed by atoms with van der Waals surface area (Å²) in [6.07, 6.45) is 3.46. The molecule has 6 nitrogen and oxygen atoms in total. The molecule has 0 aliphatic carbocycles. The number of nitrogens with one attached hydrogen (secondary N) is 2. The Morgan fingerprint density at radius 3 is 2.76 bits per heavy atom. The Morgan fingerprint density at radius 1 is 1.35 bits per heavy atom. The SMILES string of the molecule is CCc1ncc(S(=O)(=O)Nc2ccccn2)[nH]1. The molecule has 0 saturated heterocycles. The summed E-state index contributed by atoms with van der Waals surface area (Å²) in [4.78, 5) is 10.6. The molecule has 2 aromatic rings. The van der Waals surface area contributed by atoms with Crippen molar-refractivity contribution in [1.82, 2.24) is 15.0 Å². The minimum Gasteiger partial charge on any atom is -0.332 e. The third kappa shape index (κ3) is 2.62. The van der Waals surface area contributed by atoms with Gasteiger partial charge in [0.2, 0.25) is 0 Å². The van der Waals surface area contributed by atoms with E-state index in [4.69, 9.17) is 0 Å². The summed E-state index contributed by atoms with van der Waals surface area (Å²) in [5.74, 6) is 0.909. The van der Waals surface area contributed by atoms with Gasteiger partial charge in [0.1, 0.15) is 11.6 Å². The summed E-state index contributed by atoms with van der Waals surface area (Å²) in [5.41, 5.74) is 0. The van der Waals surface area contributed by atoms with Crippen molar-refractivity contribution in [1.29, 1.82) is 0 Å². The highest BCUT2D eigenvalue weighted by molar-refractivity contribution is 7.92. The number of pyridine rings is 1. The molecule has 2 N–H and O–H groups in total. The zero-order valence-corrected chi connectivity index (χ0v) is 10.0. The Bertz CT molecular complexity index is 592. The fraction of sp³-hybridized carbons (Fsp3) is 0.200. The van der Waals surface area contributed by atoms with Crippen LogP contribution in [0.2, 0.25) is 0 Å². The molecule has 0 saturated carbocycles. The number of aryl methyl sites for hydroxylation is 1. The fourth-order valence-electron chi connectivity index (χ4n) is 1.28. The lowest BCUT2D eigenvalue weighted by Gasteiger charge is -2.04. The van der Waals surface area contributed by atoms with Crippen LogP contribution in [-0.2, 0) is 16.4 Å². The molecule has 17 heavy (non-hydrogen) atoms. The molecule has 0 amide bonds. The molecule has 0 unspecified atom stereocenters. The maximum atomic E-state index is 11.9. The summed E-state index contributed by atoms with van der Waals surface area (Å²) in [5, 5.41) is 0.0417. The summed E-state index contributed by atoms with van der Waals surface area (Å²) in [7, 11) is -3.63. The van der Waals surface area contributed by atoms with Gasteiger partial charge in [-0.2, -0.15) is 8.42 Å². The molecule has 0 bridgehead atoms. The predicted octanol–water partition coefficient (Wildman–Crippen LogP) is 1.17. The molecule has 2 heterocycles. The minimum absolute atomic E-state index is 0.0417. The first-order valence-corrected chi connectivity index (χ1v) is 6.58. The summed E-state index contributed by atoms with van der Waals surface area (Å²) >= 11 is 0. The number of hydrogen-bond donors (Lipinski definition) is 2. The van der Waals surface area contributed by atoms with Crippen molar-refractivity contribution >= 4 is 15.8 Å². The van der Waals surface area contributed by atoms with Crippen LogP contribution in [-0.4, -0.2) is 23.4 Å². The monoisotopic (exact) mass is 252 g/mol. The molecular weight excluding hydrogens is 240 g/mol. The summed E-state index contributed by atoms with van der Waals surface area (Å²) in [6.45, 7) is 1.89. The lowest BCUT2D eigenvalue weighted by atomic mass is 10.5. The third-order valence-corrected chi connectivity index (χ3v) is 3.40. The first-order valence-electron chi connectivity index (χ1n) is 5.09. The largest absolute Gasteiger partial charge is 0.332 e. The van der Waals surface area contributed by atoms with E-state index in [0.717, 1.165) is 0 Å². The van der Waals surface area contributed by atoms with Crippen LogP contribution in [0.25, 0.3) is 0 Å². The molecule has 7 heteroatoms. The van der Waals surface area contributed by atoms with Crippen molar-refractivity contribution in [3.63, 3.8) is 0 Å². The van der Waals surface area contributed by atoms with E-state index in [1.165, 1.54) is 12.4 Å². The number of aromatic amines is 1. The van der Waals surface area contributed by atoms with E-state index >= 15 is 0 Å². The van der Waals surface area contributed by atoms with Crippen LogP contribution < -0.4 is 4.72 Å². The standard InChI is InChI=1S/C10H12N4O2S/c1-2-8-12-7-10(13-8)17(15,16)14-9-5-3-4-6-11-9/h3-7H,2H2,1H3,(H,11,14)(H,12,13). The molecule has 2 aromatic heterocycles. The van der Waals surface area contributed by atoms with E-state index in [1.807, 2.05) is 6.92 Å². The predicted molar refractivity (Wildman–Crippen MR) is 63.0 cm³/mol. The van der Waals surface area contributed by atoms with Gasteiger partial charge in [-0.05, 0) is 12.1 Å². The van der Waals surface area contributed by atoms with Crippen LogP contribution in [0, 0.1) is 0 Å². The highest BCUT2D eigenvalue weighted by Gasteiger charge is 2.17. The Kier molecular flexibility index (Phi) is 3.10. The highest BCUT2D eigenvalue weighted by atomic mass is 32.2. The average Bonchev–Trinajstić information content (AvgIpc) is 2.79. The van der Waals surface area contributed by atoms with Crippen LogP contribution in [0.1, 0.15) is 12.7 Å². The van der Waals surface area contributed by atoms with Crippen LogP contribution in [0.4, 0.5) is 5.82 Å². The van der Waals surface area contributed by atoms with Crippen molar-refractivity contribution in [3.05, 3.63) is 36.4 Å². The number of aromatic nitrogens is 3. The number of rotatable bonds is 4. The number of H-pyrrole nitrogens is 1. The van der Waals surface area contributed by atoms with Crippen LogP contribution in [0.5, 0.6) is 0 Å². The van der Waals surface area contributed by atoms with Gasteiger partial charge in [0.25, 0.3) is 10.0 Å². The quantitative estimate of drug-likeness (QED) is 0.855. The Labute approximate surface area is 99.2 Å². The van der Waals surface area contributed by atoms with Crippen molar-refractivity contribution in [3.8, 4) is 0 Å². The maximum absolute atomic E-state index is 11.9. The first kappa shape index (κ1) is 11.6. The van der Waals surface area contributed by atoms with Gasteiger partial charge in [0.05, 0.1) is 6.20 Å². The summed E-state index contributed by atoms with van der Waals surface area (Å²) < 4.78 is 26.2. The molecular formula is C10H12N4O2S. The maximum Gasteiger partial charge on any atom is 0.280 e. The zero-order chi connectivity index (χ0) is 12.3. The Morgan fingerprint density at radius 2 is 2.18 bits per heavy atom. The number of anilines is 1. The molecule has 0 aliphatic heterocycles. The highest BCUT2D eigenvalue weighted by Crippen LogP contribution is 2.11. The van der Waals surface area contributed by atoms with Gasteiger partial charge >= 0.3 is 0 Å². The van der Waals surface area contributed by atoms with Gasteiger partial charge < -0.3 is 4.98 Å². The number of hydrogen-bond acceptors (Lipinski definition) is 4. The molecule has 0 fully saturated rings. The molecule has 90 valence electrons. The fourth-order valence-corrected chi connectivity index (χ4v) is 2.23. The van der Waals surface area contributed by atoms with E-state index in [2.05, 4.69) is 19.7 Å². The van der Waals surface area contributed by atoms with E-state index in [1.54, 1.807) is 18.2 Å². The van der Waals surface area contributed by atoms with Crippen LogP contribution >= 0.6 is 0 Å². The second kappa shape index (κ2) is 4.54. The van der Waals surface area contributed by atoms with Gasteiger partial charge in [-0.1, -0.05) is 13.0 Å². The third-order valence-electron chi connectivity index (χ3n) is 2.13. The Balaban J connectivity index is 2.25. The van der Waals surface area contributed by atoms with E-state index < -0.39 is 10.0 Å². The normalized spacial score (nSPS) is 11.4. The molecule has 0 spiro atoms. The van der Waals surface area contributed by atoms with Crippen LogP contribution in [0.3, 0.4) is 0 Å². The van der Waals surface area contributed by atoms with Gasteiger partial charge in [0, 0.05) is 12.6 Å². The van der Waals surface area contributed by atoms with Crippen molar-refractivity contribution in [2.45, 2.75) is 18.4 Å². The molecule has 2 rings (SSSR count). The lowest BCUT2D eigenvalue weighted by molar-refractivity contribution is 0.597. The number of nitrogens with zero attached hydrogens (tertiary/aromatic N) is 2. The van der Waals surface area contributed by atoms with Crippen molar-refractivity contribution in [2.75, 3.05) is 4.72 Å². The molecule has 0 aromatic carbocycles. The van der Waals surface area contributed by atoms with E-state index in [-0.39, 0.29) is 10.8 Å². The number of sulfonamides is 1. The lowest BCUT2D eigenvalue weighted by Crippen LogP contribution is -2.14. The van der Waals surface area contributed by atoms with Gasteiger partial charge in [-0.15, -0.1) is 0 Å². The van der Waals surface area contributed by atoms with Crippen molar-refractivity contribution < 1.29 is 8.42 Å². The zero-order valence-electron chi connectivity index (χ0n) is 9.21. The summed E-state index contributed by atoms with van der Waals surface area (Å²) in [6, 6.07) is 4.99. The van der Waals surface area contributed by atoms with Gasteiger partial charge in [-0.25, -0.2) is 9.97 Å². The second-order valence-corrected chi connectivity index (χ2v) is 5.02. The van der Waals surface area contributed by atoms with Crippen molar-refractivity contribution in [2.24, 2.45) is 0 Å². The number of imidazole rings is 1. The van der Waals surface area contributed by atoms with Gasteiger partial charge in [-0.3, -0.25) is 4.72 Å². The average molecular weight is 252 g/mol. The molecule has 0 aliphatic rings. The van der Waals surface area contributed by atoms with Crippen LogP contribution in [0.15, 0.2) is 35.6 Å². The smallest absolute Gasteiger partial charge is 0.280 e.